The summed E-state index contributed by atoms with van der Waals surface area (Å²) < 4.78 is 1.43. The highest BCUT2D eigenvalue weighted by Gasteiger charge is 2.23. The van der Waals surface area contributed by atoms with Crippen molar-refractivity contribution in [2.75, 3.05) is 5.32 Å². The third kappa shape index (κ3) is 3.28. The van der Waals surface area contributed by atoms with Gasteiger partial charge in [0.1, 0.15) is 10.9 Å². The van der Waals surface area contributed by atoms with Gasteiger partial charge in [-0.1, -0.05) is 17.7 Å². The molecule has 5 nitrogen and oxygen atoms in total. The first-order valence-electron chi connectivity index (χ1n) is 9.04. The number of anilines is 1. The lowest BCUT2D eigenvalue weighted by molar-refractivity contribution is -0.118. The summed E-state index contributed by atoms with van der Waals surface area (Å²) in [5.41, 5.74) is 2.54. The SMILES string of the molecule is Cc1ccc(NC(=O)[C@@H](C)n2cnc3sc4c(c3c2=O)CCCC4)cc1Cl. The summed E-state index contributed by atoms with van der Waals surface area (Å²) in [6.07, 6.45) is 5.67. The third-order valence-electron chi connectivity index (χ3n) is 5.14. The predicted octanol–water partition coefficient (Wildman–Crippen LogP) is 4.50. The van der Waals surface area contributed by atoms with Gasteiger partial charge in [0.25, 0.3) is 5.56 Å². The van der Waals surface area contributed by atoms with Crippen LogP contribution in [0.15, 0.2) is 29.3 Å². The van der Waals surface area contributed by atoms with Crippen LogP contribution in [0.2, 0.25) is 5.02 Å². The summed E-state index contributed by atoms with van der Waals surface area (Å²) in [5, 5.41) is 4.11. The van der Waals surface area contributed by atoms with E-state index in [4.69, 9.17) is 11.6 Å². The number of hydrogen-bond acceptors (Lipinski definition) is 4. The molecule has 1 amide bonds. The Morgan fingerprint density at radius 1 is 1.33 bits per heavy atom. The molecule has 4 rings (SSSR count). The van der Waals surface area contributed by atoms with E-state index in [1.54, 1.807) is 30.4 Å². The molecule has 0 spiro atoms. The zero-order valence-electron chi connectivity index (χ0n) is 15.2. The van der Waals surface area contributed by atoms with Gasteiger partial charge in [0.05, 0.1) is 11.7 Å². The minimum absolute atomic E-state index is 0.135. The molecule has 0 fully saturated rings. The molecule has 0 unspecified atom stereocenters. The van der Waals surface area contributed by atoms with Crippen LogP contribution in [0.25, 0.3) is 10.2 Å². The Bertz CT molecular complexity index is 1100. The molecule has 0 saturated heterocycles. The summed E-state index contributed by atoms with van der Waals surface area (Å²) in [7, 11) is 0. The Labute approximate surface area is 166 Å². The van der Waals surface area contributed by atoms with Gasteiger partial charge < -0.3 is 5.32 Å². The molecule has 27 heavy (non-hydrogen) atoms. The van der Waals surface area contributed by atoms with Crippen molar-refractivity contribution in [2.24, 2.45) is 0 Å². The lowest BCUT2D eigenvalue weighted by atomic mass is 9.97. The lowest BCUT2D eigenvalue weighted by Crippen LogP contribution is -2.32. The average Bonchev–Trinajstić information content (AvgIpc) is 3.04. The number of nitrogens with one attached hydrogen (secondary N) is 1. The number of aryl methyl sites for hydroxylation is 3. The fraction of sp³-hybridized carbons (Fsp3) is 0.350. The van der Waals surface area contributed by atoms with Crippen molar-refractivity contribution in [3.8, 4) is 0 Å². The van der Waals surface area contributed by atoms with E-state index in [1.807, 2.05) is 13.0 Å². The van der Waals surface area contributed by atoms with Crippen molar-refractivity contribution in [1.29, 1.82) is 0 Å². The summed E-state index contributed by atoms with van der Waals surface area (Å²) in [4.78, 5) is 32.3. The molecule has 0 saturated carbocycles. The van der Waals surface area contributed by atoms with Crippen molar-refractivity contribution >= 4 is 44.7 Å². The molecule has 1 aliphatic rings. The Hall–Kier alpha value is -2.18. The number of aromatic nitrogens is 2. The first-order valence-corrected chi connectivity index (χ1v) is 10.2. The largest absolute Gasteiger partial charge is 0.324 e. The second-order valence-electron chi connectivity index (χ2n) is 6.98. The van der Waals surface area contributed by atoms with E-state index in [0.29, 0.717) is 16.1 Å². The topological polar surface area (TPSA) is 64.0 Å². The molecule has 2 heterocycles. The van der Waals surface area contributed by atoms with Gasteiger partial charge in [-0.05, 0) is 62.8 Å². The van der Waals surface area contributed by atoms with Gasteiger partial charge in [-0.3, -0.25) is 14.2 Å². The maximum absolute atomic E-state index is 13.1. The van der Waals surface area contributed by atoms with Crippen LogP contribution in [0, 0.1) is 6.92 Å². The summed E-state index contributed by atoms with van der Waals surface area (Å²) >= 11 is 7.73. The number of carbonyl (C=O) groups is 1. The van der Waals surface area contributed by atoms with Gasteiger partial charge >= 0.3 is 0 Å². The molecule has 0 aliphatic heterocycles. The number of nitrogens with zero attached hydrogens (tertiary/aromatic N) is 2. The van der Waals surface area contributed by atoms with E-state index in [0.717, 1.165) is 41.6 Å². The number of benzene rings is 1. The van der Waals surface area contributed by atoms with Gasteiger partial charge in [0.15, 0.2) is 0 Å². The van der Waals surface area contributed by atoms with Crippen molar-refractivity contribution in [2.45, 2.75) is 45.6 Å². The second-order valence-corrected chi connectivity index (χ2v) is 8.47. The van der Waals surface area contributed by atoms with Crippen molar-refractivity contribution in [3.63, 3.8) is 0 Å². The zero-order chi connectivity index (χ0) is 19.1. The van der Waals surface area contributed by atoms with Gasteiger partial charge in [0, 0.05) is 15.6 Å². The van der Waals surface area contributed by atoms with Crippen LogP contribution < -0.4 is 10.9 Å². The number of halogens is 1. The van der Waals surface area contributed by atoms with Crippen LogP contribution in [0.1, 0.15) is 41.8 Å². The summed E-state index contributed by atoms with van der Waals surface area (Å²) in [6, 6.07) is 4.68. The molecule has 1 atom stereocenters. The van der Waals surface area contributed by atoms with Crippen LogP contribution in [0.5, 0.6) is 0 Å². The van der Waals surface area contributed by atoms with Crippen molar-refractivity contribution in [3.05, 3.63) is 55.9 Å². The van der Waals surface area contributed by atoms with Crippen molar-refractivity contribution in [1.82, 2.24) is 9.55 Å². The number of hydrogen-bond donors (Lipinski definition) is 1. The van der Waals surface area contributed by atoms with E-state index in [9.17, 15) is 9.59 Å². The highest BCUT2D eigenvalue weighted by atomic mass is 35.5. The molecular formula is C20H20ClN3O2S. The van der Waals surface area contributed by atoms with Gasteiger partial charge in [-0.25, -0.2) is 4.98 Å². The molecule has 1 aromatic carbocycles. The van der Waals surface area contributed by atoms with E-state index < -0.39 is 6.04 Å². The average molecular weight is 402 g/mol. The molecular weight excluding hydrogens is 382 g/mol. The van der Waals surface area contributed by atoms with Crippen LogP contribution >= 0.6 is 22.9 Å². The van der Waals surface area contributed by atoms with E-state index in [1.165, 1.54) is 15.8 Å². The van der Waals surface area contributed by atoms with E-state index >= 15 is 0 Å². The molecule has 7 heteroatoms. The Morgan fingerprint density at radius 2 is 2.11 bits per heavy atom. The standard InChI is InChI=1S/C20H20ClN3O2S/c1-11-7-8-13(9-15(11)21)23-18(25)12(2)24-10-22-19-17(20(24)26)14-5-3-4-6-16(14)27-19/h7-10,12H,3-6H2,1-2H3,(H,23,25)/t12-/m1/s1. The van der Waals surface area contributed by atoms with Crippen molar-refractivity contribution < 1.29 is 4.79 Å². The molecule has 0 bridgehead atoms. The maximum atomic E-state index is 13.1. The number of carbonyl (C=O) groups excluding carboxylic acids is 1. The summed E-state index contributed by atoms with van der Waals surface area (Å²) in [5.74, 6) is -0.276. The van der Waals surface area contributed by atoms with Crippen LogP contribution in [0.4, 0.5) is 5.69 Å². The summed E-state index contributed by atoms with van der Waals surface area (Å²) in [6.45, 7) is 3.61. The molecule has 3 aromatic rings. The molecule has 140 valence electrons. The van der Waals surface area contributed by atoms with Gasteiger partial charge in [0.2, 0.25) is 5.91 Å². The Balaban J connectivity index is 1.66. The molecule has 1 aliphatic carbocycles. The molecule has 2 aromatic heterocycles. The highest BCUT2D eigenvalue weighted by molar-refractivity contribution is 7.18. The lowest BCUT2D eigenvalue weighted by Gasteiger charge is -2.16. The second kappa shape index (κ2) is 7.09. The third-order valence-corrected chi connectivity index (χ3v) is 6.74. The number of rotatable bonds is 3. The smallest absolute Gasteiger partial charge is 0.263 e. The zero-order valence-corrected chi connectivity index (χ0v) is 16.8. The number of amides is 1. The fourth-order valence-corrected chi connectivity index (χ4v) is 4.88. The van der Waals surface area contributed by atoms with Crippen LogP contribution in [-0.4, -0.2) is 15.5 Å². The van der Waals surface area contributed by atoms with Crippen LogP contribution in [0.3, 0.4) is 0 Å². The van der Waals surface area contributed by atoms with E-state index in [-0.39, 0.29) is 11.5 Å². The monoisotopic (exact) mass is 401 g/mol. The fourth-order valence-electron chi connectivity index (χ4n) is 3.48. The predicted molar refractivity (Wildman–Crippen MR) is 110 cm³/mol. The maximum Gasteiger partial charge on any atom is 0.263 e. The number of thiophene rings is 1. The quantitative estimate of drug-likeness (QED) is 0.702. The first kappa shape index (κ1) is 18.2. The minimum atomic E-state index is -0.673. The normalized spacial score (nSPS) is 14.8. The Kier molecular flexibility index (Phi) is 4.78. The van der Waals surface area contributed by atoms with Gasteiger partial charge in [-0.2, -0.15) is 0 Å². The van der Waals surface area contributed by atoms with E-state index in [2.05, 4.69) is 10.3 Å². The Morgan fingerprint density at radius 3 is 2.89 bits per heavy atom. The minimum Gasteiger partial charge on any atom is -0.324 e. The first-order chi connectivity index (χ1) is 13.0. The van der Waals surface area contributed by atoms with Gasteiger partial charge in [-0.15, -0.1) is 11.3 Å². The van der Waals surface area contributed by atoms with Crippen LogP contribution in [-0.2, 0) is 17.6 Å². The highest BCUT2D eigenvalue weighted by Crippen LogP contribution is 2.33. The molecule has 0 radical (unpaired) electrons. The molecule has 1 N–H and O–H groups in total. The number of fused-ring (bicyclic) bond motifs is 3.